The first-order valence-corrected chi connectivity index (χ1v) is 5.39. The second-order valence-corrected chi connectivity index (χ2v) is 4.98. The van der Waals surface area contributed by atoms with Crippen molar-refractivity contribution in [2.24, 2.45) is 0 Å². The Morgan fingerprint density at radius 2 is 1.80 bits per heavy atom. The highest BCUT2D eigenvalue weighted by molar-refractivity contribution is 7.92. The molecular weight excluding hydrogens is 255 g/mol. The molecular formula is C7H5ClF3NO2S. The molecule has 0 aliphatic carbocycles. The van der Waals surface area contributed by atoms with Crippen molar-refractivity contribution in [1.29, 1.82) is 0 Å². The average Bonchev–Trinajstić information content (AvgIpc) is 2.07. The Labute approximate surface area is 88.6 Å². The van der Waals surface area contributed by atoms with E-state index in [0.29, 0.717) is 6.07 Å². The Hall–Kier alpha value is -0.950. The Morgan fingerprint density at radius 3 is 2.20 bits per heavy atom. The third kappa shape index (κ3) is 2.18. The Bertz CT molecular complexity index is 483. The topological polar surface area (TPSA) is 60.2 Å². The number of anilines is 1. The number of halogens is 4. The van der Waals surface area contributed by atoms with Crippen LogP contribution in [0.25, 0.3) is 0 Å². The van der Waals surface area contributed by atoms with Gasteiger partial charge in [0.2, 0.25) is 0 Å². The maximum atomic E-state index is 12.1. The normalized spacial score (nSPS) is 12.8. The summed E-state index contributed by atoms with van der Waals surface area (Å²) < 4.78 is 58.1. The lowest BCUT2D eigenvalue weighted by atomic mass is 10.3. The van der Waals surface area contributed by atoms with Gasteiger partial charge in [-0.3, -0.25) is 0 Å². The molecule has 0 spiro atoms. The lowest BCUT2D eigenvalue weighted by Gasteiger charge is -2.08. The van der Waals surface area contributed by atoms with Gasteiger partial charge in [0.15, 0.2) is 0 Å². The van der Waals surface area contributed by atoms with Crippen LogP contribution >= 0.6 is 11.6 Å². The molecule has 3 nitrogen and oxygen atoms in total. The van der Waals surface area contributed by atoms with Crippen LogP contribution in [0.15, 0.2) is 23.1 Å². The van der Waals surface area contributed by atoms with Crippen LogP contribution in [0.5, 0.6) is 0 Å². The molecule has 15 heavy (non-hydrogen) atoms. The van der Waals surface area contributed by atoms with Crippen molar-refractivity contribution in [3.05, 3.63) is 23.2 Å². The lowest BCUT2D eigenvalue weighted by molar-refractivity contribution is -0.0435. The quantitative estimate of drug-likeness (QED) is 0.787. The van der Waals surface area contributed by atoms with Gasteiger partial charge in [0.1, 0.15) is 0 Å². The van der Waals surface area contributed by atoms with Crippen molar-refractivity contribution in [1.82, 2.24) is 0 Å². The van der Waals surface area contributed by atoms with Gasteiger partial charge >= 0.3 is 5.51 Å². The third-order valence-electron chi connectivity index (χ3n) is 1.59. The van der Waals surface area contributed by atoms with E-state index in [9.17, 15) is 21.6 Å². The van der Waals surface area contributed by atoms with Gasteiger partial charge in [-0.15, -0.1) is 0 Å². The zero-order chi connectivity index (χ0) is 11.9. The van der Waals surface area contributed by atoms with E-state index < -0.39 is 20.2 Å². The van der Waals surface area contributed by atoms with E-state index in [0.717, 1.165) is 12.1 Å². The van der Waals surface area contributed by atoms with E-state index in [4.69, 9.17) is 17.3 Å². The first-order chi connectivity index (χ1) is 6.66. The van der Waals surface area contributed by atoms with Gasteiger partial charge in [-0.05, 0) is 18.2 Å². The van der Waals surface area contributed by atoms with E-state index in [-0.39, 0.29) is 10.7 Å². The fraction of sp³-hybridized carbons (Fsp3) is 0.143. The summed E-state index contributed by atoms with van der Waals surface area (Å²) in [5.74, 6) is 0. The monoisotopic (exact) mass is 259 g/mol. The fourth-order valence-corrected chi connectivity index (χ4v) is 1.84. The highest BCUT2D eigenvalue weighted by Crippen LogP contribution is 2.32. The molecule has 0 atom stereocenters. The highest BCUT2D eigenvalue weighted by atomic mass is 35.5. The maximum absolute atomic E-state index is 12.1. The van der Waals surface area contributed by atoms with Crippen molar-refractivity contribution in [3.63, 3.8) is 0 Å². The molecule has 8 heteroatoms. The van der Waals surface area contributed by atoms with Crippen LogP contribution in [0.3, 0.4) is 0 Å². The second-order valence-electron chi connectivity index (χ2n) is 2.63. The number of nitrogen functional groups attached to an aromatic ring is 1. The molecule has 0 radical (unpaired) electrons. The zero-order valence-electron chi connectivity index (χ0n) is 7.05. The summed E-state index contributed by atoms with van der Waals surface area (Å²) in [4.78, 5) is -0.922. The minimum atomic E-state index is -5.36. The molecule has 1 aromatic rings. The smallest absolute Gasteiger partial charge is 0.398 e. The zero-order valence-corrected chi connectivity index (χ0v) is 8.62. The van der Waals surface area contributed by atoms with Crippen LogP contribution in [0, 0.1) is 0 Å². The summed E-state index contributed by atoms with van der Waals surface area (Å²) in [6, 6.07) is 2.42. The molecule has 84 valence electrons. The SMILES string of the molecule is Nc1ccc(S(=O)(=O)C(F)(F)F)cc1Cl. The Kier molecular flexibility index (Phi) is 2.88. The van der Waals surface area contributed by atoms with E-state index >= 15 is 0 Å². The van der Waals surface area contributed by atoms with E-state index in [1.54, 1.807) is 0 Å². The van der Waals surface area contributed by atoms with Crippen LogP contribution in [0.1, 0.15) is 0 Å². The molecule has 0 heterocycles. The number of nitrogens with two attached hydrogens (primary N) is 1. The van der Waals surface area contributed by atoms with E-state index in [2.05, 4.69) is 0 Å². The molecule has 0 saturated heterocycles. The lowest BCUT2D eigenvalue weighted by Crippen LogP contribution is -2.23. The second kappa shape index (κ2) is 3.57. The van der Waals surface area contributed by atoms with E-state index in [1.165, 1.54) is 0 Å². The van der Waals surface area contributed by atoms with Crippen LogP contribution in [-0.4, -0.2) is 13.9 Å². The molecule has 0 aliphatic heterocycles. The van der Waals surface area contributed by atoms with Gasteiger partial charge in [-0.2, -0.15) is 13.2 Å². The number of alkyl halides is 3. The molecule has 1 aromatic carbocycles. The van der Waals surface area contributed by atoms with Gasteiger partial charge < -0.3 is 5.73 Å². The van der Waals surface area contributed by atoms with Crippen molar-refractivity contribution in [2.45, 2.75) is 10.4 Å². The summed E-state index contributed by atoms with van der Waals surface area (Å²) in [7, 11) is -5.36. The molecule has 0 aromatic heterocycles. The Morgan fingerprint density at radius 1 is 1.27 bits per heavy atom. The van der Waals surface area contributed by atoms with Crippen LogP contribution in [-0.2, 0) is 9.84 Å². The summed E-state index contributed by atoms with van der Waals surface area (Å²) in [5.41, 5.74) is -0.0960. The predicted octanol–water partition coefficient (Wildman–Crippen LogP) is 2.22. The first kappa shape index (κ1) is 12.1. The van der Waals surface area contributed by atoms with Gasteiger partial charge in [0.05, 0.1) is 15.6 Å². The maximum Gasteiger partial charge on any atom is 0.501 e. The number of hydrogen-bond donors (Lipinski definition) is 1. The van der Waals surface area contributed by atoms with Gasteiger partial charge in [-0.25, -0.2) is 8.42 Å². The van der Waals surface area contributed by atoms with Crippen LogP contribution in [0.4, 0.5) is 18.9 Å². The van der Waals surface area contributed by atoms with Crippen LogP contribution < -0.4 is 5.73 Å². The highest BCUT2D eigenvalue weighted by Gasteiger charge is 2.46. The molecule has 0 bridgehead atoms. The predicted molar refractivity (Wildman–Crippen MR) is 49.1 cm³/mol. The first-order valence-electron chi connectivity index (χ1n) is 3.52. The van der Waals surface area contributed by atoms with Crippen molar-refractivity contribution in [2.75, 3.05) is 5.73 Å². The summed E-state index contributed by atoms with van der Waals surface area (Å²) in [6.07, 6.45) is 0. The largest absolute Gasteiger partial charge is 0.501 e. The number of rotatable bonds is 1. The minimum absolute atomic E-state index is 0.0118. The molecule has 0 aliphatic rings. The van der Waals surface area contributed by atoms with Gasteiger partial charge in [0.25, 0.3) is 9.84 Å². The third-order valence-corrected chi connectivity index (χ3v) is 3.40. The van der Waals surface area contributed by atoms with Crippen LogP contribution in [0.2, 0.25) is 5.02 Å². The minimum Gasteiger partial charge on any atom is -0.398 e. The number of benzene rings is 1. The summed E-state index contributed by atoms with van der Waals surface area (Å²) >= 11 is 5.41. The molecule has 2 N–H and O–H groups in total. The van der Waals surface area contributed by atoms with Crippen molar-refractivity contribution >= 4 is 27.1 Å². The fourth-order valence-electron chi connectivity index (χ4n) is 0.809. The molecule has 0 fully saturated rings. The van der Waals surface area contributed by atoms with Crippen molar-refractivity contribution < 1.29 is 21.6 Å². The molecule has 0 unspecified atom stereocenters. The standard InChI is InChI=1S/C7H5ClF3NO2S/c8-5-3-4(1-2-6(5)12)15(13,14)7(9,10)11/h1-3H,12H2. The summed E-state index contributed by atoms with van der Waals surface area (Å²) in [5, 5.41) is -0.236. The van der Waals surface area contributed by atoms with Gasteiger partial charge in [0, 0.05) is 0 Å². The molecule has 0 amide bonds. The van der Waals surface area contributed by atoms with E-state index in [1.807, 2.05) is 0 Å². The average molecular weight is 260 g/mol. The number of sulfone groups is 1. The summed E-state index contributed by atoms with van der Waals surface area (Å²) in [6.45, 7) is 0. The Balaban J connectivity index is 3.36. The van der Waals surface area contributed by atoms with Crippen molar-refractivity contribution in [3.8, 4) is 0 Å². The van der Waals surface area contributed by atoms with Gasteiger partial charge in [-0.1, -0.05) is 11.6 Å². The molecule has 0 saturated carbocycles. The molecule has 1 rings (SSSR count). The number of hydrogen-bond acceptors (Lipinski definition) is 3.